The fraction of sp³-hybridized carbons (Fsp3) is 0.846. The summed E-state index contributed by atoms with van der Waals surface area (Å²) in [4.78, 5) is 24.3. The van der Waals surface area contributed by atoms with Crippen LogP contribution >= 0.6 is 0 Å². The largest absolute Gasteiger partial charge is 0.481 e. The van der Waals surface area contributed by atoms with Gasteiger partial charge in [-0.15, -0.1) is 0 Å². The Balaban J connectivity index is 1.59. The first-order chi connectivity index (χ1) is 8.63. The Kier molecular flexibility index (Phi) is 4.58. The van der Waals surface area contributed by atoms with Gasteiger partial charge in [0.2, 0.25) is 5.91 Å². The Morgan fingerprint density at radius 2 is 1.83 bits per heavy atom. The summed E-state index contributed by atoms with van der Waals surface area (Å²) in [6.45, 7) is 1.90. The van der Waals surface area contributed by atoms with Crippen LogP contribution in [0.4, 0.5) is 0 Å². The van der Waals surface area contributed by atoms with E-state index in [0.717, 1.165) is 25.9 Å². The molecular formula is C13H22N2O3. The average Bonchev–Trinajstić information content (AvgIpc) is 2.27. The molecule has 1 saturated carbocycles. The number of hydrogen-bond acceptors (Lipinski definition) is 3. The molecule has 2 N–H and O–H groups in total. The summed E-state index contributed by atoms with van der Waals surface area (Å²) in [5.74, 6) is -0.424. The number of likely N-dealkylation sites (tertiary alicyclic amines) is 1. The molecule has 0 aromatic heterocycles. The second-order valence-corrected chi connectivity index (χ2v) is 5.56. The van der Waals surface area contributed by atoms with Crippen molar-refractivity contribution in [3.8, 4) is 0 Å². The minimum atomic E-state index is -0.744. The van der Waals surface area contributed by atoms with Crippen molar-refractivity contribution in [3.05, 3.63) is 0 Å². The van der Waals surface area contributed by atoms with Gasteiger partial charge < -0.3 is 10.4 Å². The topological polar surface area (TPSA) is 69.6 Å². The van der Waals surface area contributed by atoms with Crippen LogP contribution < -0.4 is 5.32 Å². The van der Waals surface area contributed by atoms with Crippen LogP contribution in [0, 0.1) is 5.92 Å². The number of aliphatic carboxylic acids is 1. The summed E-state index contributed by atoms with van der Waals surface area (Å²) in [5, 5.41) is 11.7. The number of nitrogens with one attached hydrogen (secondary N) is 1. The first-order valence-corrected chi connectivity index (χ1v) is 6.87. The van der Waals surface area contributed by atoms with Gasteiger partial charge in [-0.3, -0.25) is 14.5 Å². The van der Waals surface area contributed by atoms with E-state index in [-0.39, 0.29) is 18.2 Å². The number of nitrogens with zero attached hydrogens (tertiary/aromatic N) is 1. The zero-order valence-corrected chi connectivity index (χ0v) is 10.7. The molecule has 1 aliphatic heterocycles. The molecule has 0 atom stereocenters. The van der Waals surface area contributed by atoms with E-state index >= 15 is 0 Å². The van der Waals surface area contributed by atoms with E-state index in [1.54, 1.807) is 0 Å². The molecule has 2 rings (SSSR count). The summed E-state index contributed by atoms with van der Waals surface area (Å²) in [7, 11) is 0. The van der Waals surface area contributed by atoms with Gasteiger partial charge in [0.1, 0.15) is 0 Å². The Hall–Kier alpha value is -1.10. The van der Waals surface area contributed by atoms with Crippen molar-refractivity contribution >= 4 is 11.9 Å². The smallest absolute Gasteiger partial charge is 0.303 e. The number of carbonyl (C=O) groups is 2. The lowest BCUT2D eigenvalue weighted by Crippen LogP contribution is -2.52. The highest BCUT2D eigenvalue weighted by atomic mass is 16.4. The van der Waals surface area contributed by atoms with Crippen LogP contribution in [0.5, 0.6) is 0 Å². The molecule has 0 radical (unpaired) electrons. The first-order valence-electron chi connectivity index (χ1n) is 6.87. The van der Waals surface area contributed by atoms with Gasteiger partial charge in [-0.1, -0.05) is 19.3 Å². The molecule has 0 aromatic carbocycles. The van der Waals surface area contributed by atoms with Crippen LogP contribution in [0.3, 0.4) is 0 Å². The quantitative estimate of drug-likeness (QED) is 0.763. The van der Waals surface area contributed by atoms with E-state index in [9.17, 15) is 9.59 Å². The third kappa shape index (κ3) is 3.98. The lowest BCUT2D eigenvalue weighted by Gasteiger charge is -2.38. The van der Waals surface area contributed by atoms with Crippen LogP contribution in [0.1, 0.15) is 38.5 Å². The zero-order chi connectivity index (χ0) is 13.0. The number of hydrogen-bond donors (Lipinski definition) is 2. The van der Waals surface area contributed by atoms with Crippen molar-refractivity contribution < 1.29 is 14.7 Å². The monoisotopic (exact) mass is 254 g/mol. The number of amides is 1. The fourth-order valence-electron chi connectivity index (χ4n) is 2.91. The Morgan fingerprint density at radius 1 is 1.17 bits per heavy atom. The summed E-state index contributed by atoms with van der Waals surface area (Å²) in [6, 6.07) is 0.363. The average molecular weight is 254 g/mol. The highest BCUT2D eigenvalue weighted by Crippen LogP contribution is 2.19. The third-order valence-corrected chi connectivity index (χ3v) is 3.83. The van der Waals surface area contributed by atoms with Crippen LogP contribution in [0.2, 0.25) is 0 Å². The van der Waals surface area contributed by atoms with E-state index in [1.807, 2.05) is 4.90 Å². The minimum Gasteiger partial charge on any atom is -0.481 e. The van der Waals surface area contributed by atoms with Gasteiger partial charge in [-0.2, -0.15) is 0 Å². The maximum atomic E-state index is 11.8. The molecule has 0 unspecified atom stereocenters. The summed E-state index contributed by atoms with van der Waals surface area (Å²) < 4.78 is 0. The van der Waals surface area contributed by atoms with E-state index < -0.39 is 5.97 Å². The molecule has 102 valence electrons. The molecule has 2 aliphatic rings. The summed E-state index contributed by atoms with van der Waals surface area (Å²) in [5.41, 5.74) is 0. The molecule has 0 aromatic rings. The molecule has 0 spiro atoms. The number of carboxylic acid groups (broad SMARTS) is 1. The summed E-state index contributed by atoms with van der Waals surface area (Å²) >= 11 is 0. The molecule has 1 heterocycles. The van der Waals surface area contributed by atoms with Crippen molar-refractivity contribution in [2.45, 2.75) is 44.6 Å². The molecule has 1 aliphatic carbocycles. The zero-order valence-electron chi connectivity index (χ0n) is 10.7. The number of carboxylic acids is 1. The SMILES string of the molecule is O=C(O)CC1CN(CC(=O)NC2CCCCC2)C1. The lowest BCUT2D eigenvalue weighted by atomic mass is 9.95. The van der Waals surface area contributed by atoms with Gasteiger partial charge in [0.15, 0.2) is 0 Å². The molecule has 5 nitrogen and oxygen atoms in total. The van der Waals surface area contributed by atoms with E-state index in [2.05, 4.69) is 5.32 Å². The second-order valence-electron chi connectivity index (χ2n) is 5.56. The normalized spacial score (nSPS) is 22.4. The van der Waals surface area contributed by atoms with Gasteiger partial charge >= 0.3 is 5.97 Å². The number of carbonyl (C=O) groups excluding carboxylic acids is 1. The van der Waals surface area contributed by atoms with Gasteiger partial charge in [-0.25, -0.2) is 0 Å². The highest BCUT2D eigenvalue weighted by Gasteiger charge is 2.30. The Morgan fingerprint density at radius 3 is 2.44 bits per heavy atom. The maximum absolute atomic E-state index is 11.8. The molecule has 2 fully saturated rings. The minimum absolute atomic E-state index is 0.0932. The Labute approximate surface area is 108 Å². The van der Waals surface area contributed by atoms with Crippen molar-refractivity contribution in [3.63, 3.8) is 0 Å². The van der Waals surface area contributed by atoms with Gasteiger partial charge in [0.05, 0.1) is 13.0 Å². The molecule has 1 amide bonds. The molecular weight excluding hydrogens is 232 g/mol. The highest BCUT2D eigenvalue weighted by molar-refractivity contribution is 5.78. The van der Waals surface area contributed by atoms with Crippen molar-refractivity contribution in [2.24, 2.45) is 5.92 Å². The fourth-order valence-corrected chi connectivity index (χ4v) is 2.91. The van der Waals surface area contributed by atoms with Gasteiger partial charge in [0.25, 0.3) is 0 Å². The van der Waals surface area contributed by atoms with Gasteiger partial charge in [-0.05, 0) is 18.8 Å². The van der Waals surface area contributed by atoms with Gasteiger partial charge in [0, 0.05) is 19.1 Å². The molecule has 0 bridgehead atoms. The molecule has 1 saturated heterocycles. The predicted octanol–water partition coefficient (Wildman–Crippen LogP) is 0.842. The maximum Gasteiger partial charge on any atom is 0.303 e. The predicted molar refractivity (Wildman–Crippen MR) is 67.2 cm³/mol. The van der Waals surface area contributed by atoms with E-state index in [1.165, 1.54) is 19.3 Å². The molecule has 5 heteroatoms. The van der Waals surface area contributed by atoms with Crippen molar-refractivity contribution in [1.29, 1.82) is 0 Å². The number of rotatable bonds is 5. The Bertz CT molecular complexity index is 307. The van der Waals surface area contributed by atoms with Crippen LogP contribution in [0.25, 0.3) is 0 Å². The van der Waals surface area contributed by atoms with Crippen LogP contribution in [-0.2, 0) is 9.59 Å². The second kappa shape index (κ2) is 6.18. The lowest BCUT2D eigenvalue weighted by molar-refractivity contribution is -0.139. The summed E-state index contributed by atoms with van der Waals surface area (Å²) in [6.07, 6.45) is 6.15. The van der Waals surface area contributed by atoms with E-state index in [4.69, 9.17) is 5.11 Å². The van der Waals surface area contributed by atoms with E-state index in [0.29, 0.717) is 12.6 Å². The molecule has 18 heavy (non-hydrogen) atoms. The first kappa shape index (κ1) is 13.3. The third-order valence-electron chi connectivity index (χ3n) is 3.83. The van der Waals surface area contributed by atoms with Crippen LogP contribution in [0.15, 0.2) is 0 Å². The van der Waals surface area contributed by atoms with Crippen molar-refractivity contribution in [1.82, 2.24) is 10.2 Å². The van der Waals surface area contributed by atoms with Crippen molar-refractivity contribution in [2.75, 3.05) is 19.6 Å². The van der Waals surface area contributed by atoms with Crippen LogP contribution in [-0.4, -0.2) is 47.6 Å². The standard InChI is InChI=1S/C13H22N2O3/c16-12(14-11-4-2-1-3-5-11)9-15-7-10(8-15)6-13(17)18/h10-11H,1-9H2,(H,14,16)(H,17,18).